The zero-order valence-electron chi connectivity index (χ0n) is 12.1. The van der Waals surface area contributed by atoms with E-state index in [1.54, 1.807) is 42.5 Å². The van der Waals surface area contributed by atoms with Crippen LogP contribution >= 0.6 is 23.2 Å². The van der Waals surface area contributed by atoms with Gasteiger partial charge in [0, 0.05) is 0 Å². The van der Waals surface area contributed by atoms with Crippen LogP contribution in [0.25, 0.3) is 6.08 Å². The Morgan fingerprint density at radius 1 is 1.08 bits per heavy atom. The molecule has 0 heterocycles. The summed E-state index contributed by atoms with van der Waals surface area (Å²) < 4.78 is 4.92. The fourth-order valence-corrected chi connectivity index (χ4v) is 2.01. The van der Waals surface area contributed by atoms with E-state index in [-0.39, 0.29) is 16.3 Å². The van der Waals surface area contributed by atoms with Crippen LogP contribution in [-0.2, 0) is 4.79 Å². The van der Waals surface area contributed by atoms with Gasteiger partial charge in [-0.15, -0.1) is 0 Å². The molecule has 0 fully saturated rings. The molecule has 24 heavy (non-hydrogen) atoms. The Balaban J connectivity index is 2.08. The molecular weight excluding hydrogens is 351 g/mol. The Morgan fingerprint density at radius 2 is 1.79 bits per heavy atom. The highest BCUT2D eigenvalue weighted by atomic mass is 35.5. The number of rotatable bonds is 3. The number of nitrogens with zero attached hydrogens (tertiary/aromatic N) is 1. The van der Waals surface area contributed by atoms with Crippen molar-refractivity contribution in [3.63, 3.8) is 0 Å². The van der Waals surface area contributed by atoms with Crippen LogP contribution in [0.5, 0.6) is 5.75 Å². The Morgan fingerprint density at radius 3 is 2.42 bits per heavy atom. The lowest BCUT2D eigenvalue weighted by Gasteiger charge is -2.05. The largest absolute Gasteiger partial charge is 0.419 e. The summed E-state index contributed by atoms with van der Waals surface area (Å²) in [6, 6.07) is 14.6. The molecule has 120 valence electrons. The van der Waals surface area contributed by atoms with Gasteiger partial charge in [0.25, 0.3) is 5.91 Å². The lowest BCUT2D eigenvalue weighted by molar-refractivity contribution is -0.116. The van der Waals surface area contributed by atoms with Crippen molar-refractivity contribution in [1.82, 2.24) is 5.32 Å². The molecule has 0 unspecified atom stereocenters. The summed E-state index contributed by atoms with van der Waals surface area (Å²) in [6.45, 7) is 0. The summed E-state index contributed by atoms with van der Waals surface area (Å²) in [5, 5.41) is 11.7. The Kier molecular flexibility index (Phi) is 5.96. The van der Waals surface area contributed by atoms with Crippen LogP contribution in [0.2, 0.25) is 10.0 Å². The van der Waals surface area contributed by atoms with E-state index < -0.39 is 12.0 Å². The number of carbonyl (C=O) groups is 2. The molecule has 2 aromatic carbocycles. The average Bonchev–Trinajstić information content (AvgIpc) is 2.56. The number of amides is 2. The van der Waals surface area contributed by atoms with Crippen LogP contribution < -0.4 is 10.1 Å². The van der Waals surface area contributed by atoms with Gasteiger partial charge in [0.2, 0.25) is 0 Å². The highest BCUT2D eigenvalue weighted by Gasteiger charge is 2.14. The van der Waals surface area contributed by atoms with E-state index in [0.29, 0.717) is 10.6 Å². The maximum Gasteiger partial charge on any atom is 0.419 e. The molecule has 0 aliphatic rings. The topological polar surface area (TPSA) is 79.2 Å². The second-order valence-corrected chi connectivity index (χ2v) is 5.31. The van der Waals surface area contributed by atoms with Crippen molar-refractivity contribution in [3.8, 4) is 11.8 Å². The van der Waals surface area contributed by atoms with E-state index in [0.717, 1.165) is 0 Å². The van der Waals surface area contributed by atoms with Gasteiger partial charge in [-0.2, -0.15) is 5.26 Å². The van der Waals surface area contributed by atoms with Gasteiger partial charge in [0.05, 0.1) is 10.0 Å². The Labute approximate surface area is 148 Å². The standard InChI is InChI=1S/C17H10Cl2N2O3/c18-14-7-6-11(9-15(14)19)8-12(10-20)16(22)21-17(23)24-13-4-2-1-3-5-13/h1-9H,(H,21,22,23). The van der Waals surface area contributed by atoms with Crippen LogP contribution in [0.15, 0.2) is 54.1 Å². The Hall–Kier alpha value is -2.81. The molecule has 2 rings (SSSR count). The van der Waals surface area contributed by atoms with Gasteiger partial charge in [-0.3, -0.25) is 10.1 Å². The first-order chi connectivity index (χ1) is 11.5. The van der Waals surface area contributed by atoms with Gasteiger partial charge in [0.15, 0.2) is 0 Å². The summed E-state index contributed by atoms with van der Waals surface area (Å²) in [7, 11) is 0. The Bertz CT molecular complexity index is 843. The summed E-state index contributed by atoms with van der Waals surface area (Å²) in [5.74, 6) is -0.612. The predicted molar refractivity (Wildman–Crippen MR) is 90.7 cm³/mol. The molecule has 2 aromatic rings. The van der Waals surface area contributed by atoms with Crippen LogP contribution in [0, 0.1) is 11.3 Å². The number of hydrogen-bond acceptors (Lipinski definition) is 4. The van der Waals surface area contributed by atoms with Crippen LogP contribution in [-0.4, -0.2) is 12.0 Å². The van der Waals surface area contributed by atoms with E-state index in [1.165, 1.54) is 18.2 Å². The van der Waals surface area contributed by atoms with Gasteiger partial charge in [-0.05, 0) is 35.9 Å². The number of halogens is 2. The first-order valence-corrected chi connectivity index (χ1v) is 7.40. The van der Waals surface area contributed by atoms with Gasteiger partial charge in [-0.25, -0.2) is 4.79 Å². The molecule has 5 nitrogen and oxygen atoms in total. The zero-order chi connectivity index (χ0) is 17.5. The van der Waals surface area contributed by atoms with Crippen molar-refractivity contribution in [1.29, 1.82) is 5.26 Å². The molecule has 0 saturated carbocycles. The summed E-state index contributed by atoms with van der Waals surface area (Å²) in [4.78, 5) is 23.6. The third-order valence-corrected chi connectivity index (χ3v) is 3.53. The second kappa shape index (κ2) is 8.16. The van der Waals surface area contributed by atoms with Gasteiger partial charge in [-0.1, -0.05) is 47.5 Å². The fourth-order valence-electron chi connectivity index (χ4n) is 1.70. The summed E-state index contributed by atoms with van der Waals surface area (Å²) in [6.07, 6.45) is 0.300. The van der Waals surface area contributed by atoms with Gasteiger partial charge in [0.1, 0.15) is 17.4 Å². The highest BCUT2D eigenvalue weighted by Crippen LogP contribution is 2.23. The first kappa shape index (κ1) is 17.5. The van der Waals surface area contributed by atoms with Gasteiger partial charge < -0.3 is 4.74 Å². The minimum Gasteiger partial charge on any atom is -0.410 e. The molecule has 0 aromatic heterocycles. The quantitative estimate of drug-likeness (QED) is 0.656. The molecule has 2 amide bonds. The van der Waals surface area contributed by atoms with E-state index >= 15 is 0 Å². The third-order valence-electron chi connectivity index (χ3n) is 2.79. The number of hydrogen-bond donors (Lipinski definition) is 1. The molecule has 7 heteroatoms. The summed E-state index contributed by atoms with van der Waals surface area (Å²) in [5.41, 5.74) is 0.214. The van der Waals surface area contributed by atoms with E-state index in [9.17, 15) is 9.59 Å². The van der Waals surface area contributed by atoms with Crippen molar-refractivity contribution >= 4 is 41.3 Å². The number of ether oxygens (including phenoxy) is 1. The van der Waals surface area contributed by atoms with E-state index in [2.05, 4.69) is 0 Å². The van der Waals surface area contributed by atoms with Crippen molar-refractivity contribution in [3.05, 3.63) is 69.7 Å². The highest BCUT2D eigenvalue weighted by molar-refractivity contribution is 6.42. The number of imide groups is 1. The SMILES string of the molecule is N#CC(=Cc1ccc(Cl)c(Cl)c1)C(=O)NC(=O)Oc1ccccc1. The molecule has 0 aliphatic heterocycles. The van der Waals surface area contributed by atoms with Crippen molar-refractivity contribution in [2.24, 2.45) is 0 Å². The molecule has 0 atom stereocenters. The minimum atomic E-state index is -0.985. The average molecular weight is 361 g/mol. The van der Waals surface area contributed by atoms with E-state index in [1.807, 2.05) is 5.32 Å². The number of carbonyl (C=O) groups excluding carboxylic acids is 2. The third kappa shape index (κ3) is 4.85. The van der Waals surface area contributed by atoms with Crippen molar-refractivity contribution in [2.75, 3.05) is 0 Å². The van der Waals surface area contributed by atoms with Crippen molar-refractivity contribution < 1.29 is 14.3 Å². The molecule has 1 N–H and O–H groups in total. The van der Waals surface area contributed by atoms with Crippen LogP contribution in [0.4, 0.5) is 4.79 Å². The van der Waals surface area contributed by atoms with Gasteiger partial charge >= 0.3 is 6.09 Å². The number of nitriles is 1. The van der Waals surface area contributed by atoms with Crippen molar-refractivity contribution in [2.45, 2.75) is 0 Å². The monoisotopic (exact) mass is 360 g/mol. The number of para-hydroxylation sites is 1. The van der Waals surface area contributed by atoms with Crippen LogP contribution in [0.3, 0.4) is 0 Å². The molecule has 0 spiro atoms. The predicted octanol–water partition coefficient (Wildman–Crippen LogP) is 4.22. The number of benzene rings is 2. The molecular formula is C17H10Cl2N2O3. The molecule has 0 radical (unpaired) electrons. The smallest absolute Gasteiger partial charge is 0.410 e. The lowest BCUT2D eigenvalue weighted by Crippen LogP contribution is -2.33. The molecule has 0 saturated heterocycles. The zero-order valence-corrected chi connectivity index (χ0v) is 13.6. The van der Waals surface area contributed by atoms with E-state index in [4.69, 9.17) is 33.2 Å². The van der Waals surface area contributed by atoms with Crippen LogP contribution in [0.1, 0.15) is 5.56 Å². The molecule has 0 bridgehead atoms. The number of nitrogens with one attached hydrogen (secondary N) is 1. The lowest BCUT2D eigenvalue weighted by atomic mass is 10.1. The first-order valence-electron chi connectivity index (χ1n) is 6.64. The minimum absolute atomic E-state index is 0.273. The second-order valence-electron chi connectivity index (χ2n) is 4.50. The fraction of sp³-hybridized carbons (Fsp3) is 0. The summed E-state index contributed by atoms with van der Waals surface area (Å²) >= 11 is 11.7. The molecule has 0 aliphatic carbocycles. The normalized spacial score (nSPS) is 10.6. The maximum atomic E-state index is 12.0. The maximum absolute atomic E-state index is 12.0.